The first-order valence-electron chi connectivity index (χ1n) is 3.24. The summed E-state index contributed by atoms with van der Waals surface area (Å²) < 4.78 is 0. The van der Waals surface area contributed by atoms with E-state index in [0.717, 1.165) is 12.1 Å². The van der Waals surface area contributed by atoms with E-state index < -0.39 is 0 Å². The zero-order chi connectivity index (χ0) is 8.15. The highest BCUT2D eigenvalue weighted by Crippen LogP contribution is 2.00. The van der Waals surface area contributed by atoms with E-state index in [1.54, 1.807) is 0 Å². The second-order valence-electron chi connectivity index (χ2n) is 2.09. The molecule has 0 fully saturated rings. The molecule has 0 aromatic rings. The lowest BCUT2D eigenvalue weighted by atomic mass is 10.2. The van der Waals surface area contributed by atoms with Crippen molar-refractivity contribution < 1.29 is 0 Å². The van der Waals surface area contributed by atoms with Gasteiger partial charge in [-0.05, 0) is 13.8 Å². The fraction of sp³-hybridized carbons (Fsp3) is 0.429. The summed E-state index contributed by atoms with van der Waals surface area (Å²) in [6, 6.07) is 0. The van der Waals surface area contributed by atoms with E-state index >= 15 is 0 Å². The Morgan fingerprint density at radius 1 is 1.50 bits per heavy atom. The van der Waals surface area contributed by atoms with Crippen LogP contribution in [-0.4, -0.2) is 6.54 Å². The minimum atomic E-state index is 0.512. The Balaban J connectivity index is 4.19. The molecule has 0 aliphatic carbocycles. The number of hydrogen-bond donors (Lipinski definition) is 3. The second kappa shape index (κ2) is 3.82. The predicted octanol–water partition coefficient (Wildman–Crippen LogP) is 0.258. The maximum absolute atomic E-state index is 5.56. The molecule has 0 saturated carbocycles. The number of hydrogen-bond acceptors (Lipinski definition) is 3. The summed E-state index contributed by atoms with van der Waals surface area (Å²) in [6.07, 6.45) is 0. The van der Waals surface area contributed by atoms with Crippen LogP contribution in [-0.2, 0) is 0 Å². The lowest BCUT2D eigenvalue weighted by Crippen LogP contribution is -2.22. The average Bonchev–Trinajstić information content (AvgIpc) is 1.87. The van der Waals surface area contributed by atoms with E-state index in [1.165, 1.54) is 0 Å². The van der Waals surface area contributed by atoms with Gasteiger partial charge in [-0.2, -0.15) is 0 Å². The molecule has 0 aliphatic rings. The lowest BCUT2D eigenvalue weighted by molar-refractivity contribution is 0.825. The van der Waals surface area contributed by atoms with Crippen LogP contribution in [0, 0.1) is 0 Å². The van der Waals surface area contributed by atoms with Crippen molar-refractivity contribution >= 4 is 0 Å². The maximum atomic E-state index is 5.56. The predicted molar refractivity (Wildman–Crippen MR) is 43.9 cm³/mol. The highest BCUT2D eigenvalue weighted by Gasteiger charge is 1.95. The van der Waals surface area contributed by atoms with Gasteiger partial charge in [0.25, 0.3) is 0 Å². The summed E-state index contributed by atoms with van der Waals surface area (Å²) in [7, 11) is 0. The molecule has 0 heterocycles. The van der Waals surface area contributed by atoms with E-state index in [2.05, 4.69) is 11.9 Å². The van der Waals surface area contributed by atoms with Crippen molar-refractivity contribution in [1.82, 2.24) is 5.32 Å². The zero-order valence-electron chi connectivity index (χ0n) is 6.57. The average molecular weight is 141 g/mol. The standard InChI is InChI=1S/C7H15N3/c1-4-10-7(9)5(2)6(3)8/h10H,3-4,8-9H2,1-2H3/b7-5+. The monoisotopic (exact) mass is 141 g/mol. The van der Waals surface area contributed by atoms with Gasteiger partial charge >= 0.3 is 0 Å². The lowest BCUT2D eigenvalue weighted by Gasteiger charge is -2.07. The molecule has 3 heteroatoms. The van der Waals surface area contributed by atoms with Gasteiger partial charge in [0.15, 0.2) is 0 Å². The maximum Gasteiger partial charge on any atom is 0.101 e. The van der Waals surface area contributed by atoms with Crippen molar-refractivity contribution in [2.75, 3.05) is 6.54 Å². The Hall–Kier alpha value is -1.12. The first-order valence-corrected chi connectivity index (χ1v) is 3.24. The van der Waals surface area contributed by atoms with Gasteiger partial charge in [-0.15, -0.1) is 0 Å². The third kappa shape index (κ3) is 2.44. The molecule has 0 saturated heterocycles. The molecular formula is C7H15N3. The molecule has 0 bridgehead atoms. The summed E-state index contributed by atoms with van der Waals surface area (Å²) in [4.78, 5) is 0. The first-order chi connectivity index (χ1) is 4.59. The molecule has 0 spiro atoms. The van der Waals surface area contributed by atoms with Crippen molar-refractivity contribution in [2.45, 2.75) is 13.8 Å². The van der Waals surface area contributed by atoms with Crippen LogP contribution in [0.1, 0.15) is 13.8 Å². The fourth-order valence-electron chi connectivity index (χ4n) is 0.496. The van der Waals surface area contributed by atoms with Crippen LogP contribution in [0.3, 0.4) is 0 Å². The van der Waals surface area contributed by atoms with Crippen LogP contribution in [0.2, 0.25) is 0 Å². The summed E-state index contributed by atoms with van der Waals surface area (Å²) in [6.45, 7) is 8.17. The zero-order valence-corrected chi connectivity index (χ0v) is 6.57. The van der Waals surface area contributed by atoms with Gasteiger partial charge in [0.05, 0.1) is 0 Å². The third-order valence-corrected chi connectivity index (χ3v) is 1.25. The van der Waals surface area contributed by atoms with Crippen LogP contribution in [0.15, 0.2) is 23.7 Å². The fourth-order valence-corrected chi connectivity index (χ4v) is 0.496. The topological polar surface area (TPSA) is 64.1 Å². The summed E-state index contributed by atoms with van der Waals surface area (Å²) >= 11 is 0. The van der Waals surface area contributed by atoms with Gasteiger partial charge in [0.2, 0.25) is 0 Å². The first kappa shape index (κ1) is 8.88. The summed E-state index contributed by atoms with van der Waals surface area (Å²) in [5, 5.41) is 2.94. The van der Waals surface area contributed by atoms with E-state index in [9.17, 15) is 0 Å². The molecule has 58 valence electrons. The van der Waals surface area contributed by atoms with Gasteiger partial charge in [0.1, 0.15) is 5.82 Å². The minimum absolute atomic E-state index is 0.512. The van der Waals surface area contributed by atoms with Crippen LogP contribution >= 0.6 is 0 Å². The van der Waals surface area contributed by atoms with Gasteiger partial charge in [0, 0.05) is 17.8 Å². The highest BCUT2D eigenvalue weighted by molar-refractivity contribution is 5.26. The Morgan fingerprint density at radius 2 is 2.00 bits per heavy atom. The molecule has 10 heavy (non-hydrogen) atoms. The summed E-state index contributed by atoms with van der Waals surface area (Å²) in [5.41, 5.74) is 12.3. The Labute approximate surface area is 61.8 Å². The number of nitrogens with two attached hydrogens (primary N) is 2. The smallest absolute Gasteiger partial charge is 0.101 e. The Bertz CT molecular complexity index is 158. The van der Waals surface area contributed by atoms with Crippen LogP contribution in [0.4, 0.5) is 0 Å². The van der Waals surface area contributed by atoms with E-state index in [-0.39, 0.29) is 0 Å². The quantitative estimate of drug-likeness (QED) is 0.494. The SMILES string of the molecule is C=C(N)/C(C)=C(\N)NCC. The number of allylic oxidation sites excluding steroid dienone is 1. The van der Waals surface area contributed by atoms with Gasteiger partial charge in [-0.25, -0.2) is 0 Å². The van der Waals surface area contributed by atoms with Gasteiger partial charge in [-0.3, -0.25) is 0 Å². The molecule has 5 N–H and O–H groups in total. The van der Waals surface area contributed by atoms with Crippen molar-refractivity contribution in [2.24, 2.45) is 11.5 Å². The third-order valence-electron chi connectivity index (χ3n) is 1.25. The van der Waals surface area contributed by atoms with Crippen molar-refractivity contribution in [3.05, 3.63) is 23.7 Å². The summed E-state index contributed by atoms with van der Waals surface area (Å²) in [5.74, 6) is 0.606. The molecule has 0 amide bonds. The van der Waals surface area contributed by atoms with Crippen LogP contribution in [0.25, 0.3) is 0 Å². The number of rotatable bonds is 3. The van der Waals surface area contributed by atoms with Gasteiger partial charge < -0.3 is 16.8 Å². The molecule has 3 nitrogen and oxygen atoms in total. The second-order valence-corrected chi connectivity index (χ2v) is 2.09. The number of nitrogens with one attached hydrogen (secondary N) is 1. The minimum Gasteiger partial charge on any atom is -0.399 e. The normalized spacial score (nSPS) is 12.2. The van der Waals surface area contributed by atoms with E-state index in [1.807, 2.05) is 13.8 Å². The van der Waals surface area contributed by atoms with Crippen LogP contribution in [0.5, 0.6) is 0 Å². The largest absolute Gasteiger partial charge is 0.399 e. The molecule has 0 radical (unpaired) electrons. The van der Waals surface area contributed by atoms with Crippen molar-refractivity contribution in [3.8, 4) is 0 Å². The van der Waals surface area contributed by atoms with Crippen molar-refractivity contribution in [3.63, 3.8) is 0 Å². The Kier molecular flexibility index (Phi) is 3.39. The van der Waals surface area contributed by atoms with Crippen LogP contribution < -0.4 is 16.8 Å². The molecule has 0 rings (SSSR count). The molecule has 0 unspecified atom stereocenters. The van der Waals surface area contributed by atoms with E-state index in [4.69, 9.17) is 11.5 Å². The molecule has 0 atom stereocenters. The van der Waals surface area contributed by atoms with E-state index in [0.29, 0.717) is 11.5 Å². The molecule has 0 aliphatic heterocycles. The Morgan fingerprint density at radius 3 is 2.30 bits per heavy atom. The molecule has 0 aromatic heterocycles. The molecule has 0 aromatic carbocycles. The highest BCUT2D eigenvalue weighted by atomic mass is 15.0. The van der Waals surface area contributed by atoms with Crippen molar-refractivity contribution in [1.29, 1.82) is 0 Å². The molecular weight excluding hydrogens is 126 g/mol. The van der Waals surface area contributed by atoms with Gasteiger partial charge in [-0.1, -0.05) is 6.58 Å².